The van der Waals surface area contributed by atoms with E-state index in [1.165, 1.54) is 13.0 Å². The van der Waals surface area contributed by atoms with Crippen LogP contribution in [0.1, 0.15) is 17.4 Å². The number of aromatic amines is 1. The predicted octanol–water partition coefficient (Wildman–Crippen LogP) is 0.987. The quantitative estimate of drug-likeness (QED) is 0.853. The van der Waals surface area contributed by atoms with Gasteiger partial charge in [0.25, 0.3) is 11.8 Å². The van der Waals surface area contributed by atoms with Gasteiger partial charge >= 0.3 is 0 Å². The molecule has 8 heteroatoms. The van der Waals surface area contributed by atoms with Gasteiger partial charge in [-0.1, -0.05) is 23.2 Å². The molecule has 110 valence electrons. The number of aliphatic hydroxyl groups is 1. The third kappa shape index (κ3) is 3.08. The summed E-state index contributed by atoms with van der Waals surface area (Å²) in [4.78, 5) is 29.7. The monoisotopic (exact) mass is 319 g/mol. The van der Waals surface area contributed by atoms with Crippen LogP contribution in [0.3, 0.4) is 0 Å². The Hall–Kier alpha value is -1.24. The van der Waals surface area contributed by atoms with Crippen LogP contribution in [0, 0.1) is 0 Å². The lowest BCUT2D eigenvalue weighted by atomic mass is 10.2. The summed E-state index contributed by atoms with van der Waals surface area (Å²) in [6.45, 7) is 3.05. The average molecular weight is 320 g/mol. The molecule has 1 atom stereocenters. The Bertz CT molecular complexity index is 503. The van der Waals surface area contributed by atoms with Crippen LogP contribution in [0.25, 0.3) is 0 Å². The number of hydrogen-bond donors (Lipinski definition) is 2. The first-order valence-electron chi connectivity index (χ1n) is 6.20. The fourth-order valence-electron chi connectivity index (χ4n) is 2.08. The first-order chi connectivity index (χ1) is 9.40. The number of carbonyl (C=O) groups is 2. The number of hydrogen-bond acceptors (Lipinski definition) is 3. The number of aromatic nitrogens is 1. The lowest BCUT2D eigenvalue weighted by Gasteiger charge is -2.35. The lowest BCUT2D eigenvalue weighted by molar-refractivity contribution is -0.140. The van der Waals surface area contributed by atoms with E-state index in [4.69, 9.17) is 23.2 Å². The molecule has 1 aliphatic rings. The van der Waals surface area contributed by atoms with Crippen LogP contribution < -0.4 is 0 Å². The van der Waals surface area contributed by atoms with Crippen molar-refractivity contribution in [1.82, 2.24) is 14.8 Å². The molecule has 2 amide bonds. The maximum Gasteiger partial charge on any atom is 0.270 e. The van der Waals surface area contributed by atoms with Crippen molar-refractivity contribution in [3.8, 4) is 0 Å². The van der Waals surface area contributed by atoms with E-state index in [1.807, 2.05) is 0 Å². The molecule has 0 bridgehead atoms. The van der Waals surface area contributed by atoms with E-state index >= 15 is 0 Å². The Labute approximate surface area is 126 Å². The van der Waals surface area contributed by atoms with E-state index in [2.05, 4.69) is 4.98 Å². The molecule has 1 aliphatic heterocycles. The molecule has 2 rings (SSSR count). The number of piperazine rings is 1. The minimum atomic E-state index is -1.02. The Morgan fingerprint density at radius 3 is 2.25 bits per heavy atom. The molecule has 1 aromatic rings. The summed E-state index contributed by atoms with van der Waals surface area (Å²) in [5.41, 5.74) is 0.329. The van der Waals surface area contributed by atoms with Gasteiger partial charge in [0.05, 0.1) is 5.02 Å². The van der Waals surface area contributed by atoms with Crippen molar-refractivity contribution in [1.29, 1.82) is 0 Å². The fraction of sp³-hybridized carbons (Fsp3) is 0.500. The van der Waals surface area contributed by atoms with Crippen LogP contribution in [0.5, 0.6) is 0 Å². The molecule has 0 radical (unpaired) electrons. The highest BCUT2D eigenvalue weighted by molar-refractivity contribution is 6.41. The fourth-order valence-corrected chi connectivity index (χ4v) is 2.40. The predicted molar refractivity (Wildman–Crippen MR) is 75.0 cm³/mol. The average Bonchev–Trinajstić information content (AvgIpc) is 2.77. The van der Waals surface area contributed by atoms with E-state index < -0.39 is 6.10 Å². The van der Waals surface area contributed by atoms with E-state index in [0.717, 1.165) is 0 Å². The maximum atomic E-state index is 12.2. The van der Waals surface area contributed by atoms with Gasteiger partial charge in [0.1, 0.15) is 17.0 Å². The molecular formula is C12H15Cl2N3O3. The zero-order chi connectivity index (χ0) is 14.9. The molecule has 0 aromatic carbocycles. The Balaban J connectivity index is 1.97. The molecule has 20 heavy (non-hydrogen) atoms. The molecule has 0 saturated carbocycles. The van der Waals surface area contributed by atoms with Gasteiger partial charge in [0.2, 0.25) is 0 Å². The van der Waals surface area contributed by atoms with E-state index in [0.29, 0.717) is 36.9 Å². The van der Waals surface area contributed by atoms with E-state index in [-0.39, 0.29) is 17.0 Å². The number of amides is 2. The van der Waals surface area contributed by atoms with Crippen molar-refractivity contribution in [3.05, 3.63) is 21.9 Å². The van der Waals surface area contributed by atoms with Gasteiger partial charge in [-0.15, -0.1) is 0 Å². The van der Waals surface area contributed by atoms with Gasteiger partial charge in [-0.05, 0) is 13.0 Å². The molecule has 1 saturated heterocycles. The maximum absolute atomic E-state index is 12.2. The third-order valence-corrected chi connectivity index (χ3v) is 3.88. The highest BCUT2D eigenvalue weighted by Gasteiger charge is 2.27. The van der Waals surface area contributed by atoms with Gasteiger partial charge in [-0.25, -0.2) is 0 Å². The first kappa shape index (κ1) is 15.2. The van der Waals surface area contributed by atoms with Crippen LogP contribution in [-0.2, 0) is 4.79 Å². The van der Waals surface area contributed by atoms with Crippen LogP contribution >= 0.6 is 23.2 Å². The normalized spacial score (nSPS) is 17.2. The zero-order valence-corrected chi connectivity index (χ0v) is 12.4. The molecule has 2 heterocycles. The summed E-state index contributed by atoms with van der Waals surface area (Å²) in [7, 11) is 0. The van der Waals surface area contributed by atoms with Gasteiger partial charge in [-0.2, -0.15) is 0 Å². The Kier molecular flexibility index (Phi) is 4.57. The summed E-state index contributed by atoms with van der Waals surface area (Å²) >= 11 is 11.6. The number of carbonyl (C=O) groups excluding carboxylic acids is 2. The molecule has 1 aromatic heterocycles. The van der Waals surface area contributed by atoms with Gasteiger partial charge < -0.3 is 19.9 Å². The van der Waals surface area contributed by atoms with Crippen molar-refractivity contribution in [2.24, 2.45) is 0 Å². The van der Waals surface area contributed by atoms with Crippen molar-refractivity contribution in [2.75, 3.05) is 26.2 Å². The van der Waals surface area contributed by atoms with E-state index in [1.54, 1.807) is 9.80 Å². The van der Waals surface area contributed by atoms with Crippen LogP contribution in [0.15, 0.2) is 6.07 Å². The van der Waals surface area contributed by atoms with Gasteiger partial charge in [0, 0.05) is 26.2 Å². The summed E-state index contributed by atoms with van der Waals surface area (Å²) in [5.74, 6) is -0.522. The second-order valence-corrected chi connectivity index (χ2v) is 5.42. The van der Waals surface area contributed by atoms with Crippen LogP contribution in [0.4, 0.5) is 0 Å². The van der Waals surface area contributed by atoms with Gasteiger partial charge in [0.15, 0.2) is 0 Å². The smallest absolute Gasteiger partial charge is 0.270 e. The molecule has 1 fully saturated rings. The summed E-state index contributed by atoms with van der Waals surface area (Å²) < 4.78 is 0. The number of aliphatic hydroxyl groups excluding tert-OH is 1. The summed E-state index contributed by atoms with van der Waals surface area (Å²) in [6.07, 6.45) is -1.02. The second kappa shape index (κ2) is 6.03. The zero-order valence-electron chi connectivity index (χ0n) is 10.9. The number of rotatable bonds is 2. The summed E-state index contributed by atoms with van der Waals surface area (Å²) in [5, 5.41) is 9.79. The standard InChI is InChI=1S/C12H15Cl2N3O3/c1-7(18)11(19)16-2-4-17(5-3-16)12(20)9-6-8(13)10(14)15-9/h6-7,15,18H,2-5H2,1H3. The topological polar surface area (TPSA) is 76.6 Å². The number of halogens is 2. The Morgan fingerprint density at radius 2 is 1.80 bits per heavy atom. The Morgan fingerprint density at radius 1 is 1.25 bits per heavy atom. The minimum Gasteiger partial charge on any atom is -0.384 e. The lowest BCUT2D eigenvalue weighted by Crippen LogP contribution is -2.52. The molecule has 6 nitrogen and oxygen atoms in total. The highest BCUT2D eigenvalue weighted by atomic mass is 35.5. The molecule has 0 spiro atoms. The van der Waals surface area contributed by atoms with E-state index in [9.17, 15) is 14.7 Å². The van der Waals surface area contributed by atoms with Crippen molar-refractivity contribution in [3.63, 3.8) is 0 Å². The van der Waals surface area contributed by atoms with Crippen LogP contribution in [-0.4, -0.2) is 64.0 Å². The van der Waals surface area contributed by atoms with Crippen molar-refractivity contribution < 1.29 is 14.7 Å². The van der Waals surface area contributed by atoms with Crippen molar-refractivity contribution >= 4 is 35.0 Å². The second-order valence-electron chi connectivity index (χ2n) is 4.64. The first-order valence-corrected chi connectivity index (χ1v) is 6.96. The summed E-state index contributed by atoms with van der Waals surface area (Å²) in [6, 6.07) is 1.49. The van der Waals surface area contributed by atoms with Crippen molar-refractivity contribution in [2.45, 2.75) is 13.0 Å². The number of H-pyrrole nitrogens is 1. The molecule has 0 aliphatic carbocycles. The molecule has 1 unspecified atom stereocenters. The molecule has 2 N–H and O–H groups in total. The number of nitrogens with one attached hydrogen (secondary N) is 1. The minimum absolute atomic E-state index is 0.206. The highest BCUT2D eigenvalue weighted by Crippen LogP contribution is 2.23. The SMILES string of the molecule is CC(O)C(=O)N1CCN(C(=O)c2cc(Cl)c(Cl)[nH]2)CC1. The molecular weight excluding hydrogens is 305 g/mol. The third-order valence-electron chi connectivity index (χ3n) is 3.19. The number of nitrogens with zero attached hydrogens (tertiary/aromatic N) is 2. The largest absolute Gasteiger partial charge is 0.384 e. The van der Waals surface area contributed by atoms with Gasteiger partial charge in [-0.3, -0.25) is 9.59 Å². The van der Waals surface area contributed by atoms with Crippen LogP contribution in [0.2, 0.25) is 10.2 Å².